The van der Waals surface area contributed by atoms with Gasteiger partial charge in [-0.1, -0.05) is 31.5 Å². The van der Waals surface area contributed by atoms with Gasteiger partial charge in [-0.2, -0.15) is 0 Å². The Morgan fingerprint density at radius 2 is 1.68 bits per heavy atom. The zero-order valence-electron chi connectivity index (χ0n) is 17.2. The number of benzene rings is 2. The fourth-order valence-electron chi connectivity index (χ4n) is 3.23. The summed E-state index contributed by atoms with van der Waals surface area (Å²) >= 11 is 0. The number of hydrogen-bond donors (Lipinski definition) is 1. The van der Waals surface area contributed by atoms with E-state index in [0.29, 0.717) is 18.0 Å². The maximum atomic E-state index is 12.8. The van der Waals surface area contributed by atoms with Gasteiger partial charge in [0.05, 0.1) is 18.4 Å². The average Bonchev–Trinajstić information content (AvgIpc) is 3.04. The summed E-state index contributed by atoms with van der Waals surface area (Å²) in [6.45, 7) is 8.91. The zero-order valence-corrected chi connectivity index (χ0v) is 17.2. The van der Waals surface area contributed by atoms with Gasteiger partial charge in [-0.05, 0) is 67.8 Å². The molecule has 0 atom stereocenters. The van der Waals surface area contributed by atoms with E-state index in [2.05, 4.69) is 54.9 Å². The van der Waals surface area contributed by atoms with Gasteiger partial charge in [-0.15, -0.1) is 0 Å². The highest BCUT2D eigenvalue weighted by atomic mass is 16.5. The summed E-state index contributed by atoms with van der Waals surface area (Å²) in [5.41, 5.74) is 5.89. The van der Waals surface area contributed by atoms with Crippen molar-refractivity contribution in [1.29, 1.82) is 0 Å². The Balaban J connectivity index is 2.11. The molecule has 0 radical (unpaired) electrons. The predicted molar refractivity (Wildman–Crippen MR) is 114 cm³/mol. The van der Waals surface area contributed by atoms with E-state index < -0.39 is 0 Å². The molecular weight excluding hydrogens is 348 g/mol. The molecule has 4 heteroatoms. The van der Waals surface area contributed by atoms with Crippen LogP contribution in [0, 0.1) is 19.8 Å². The van der Waals surface area contributed by atoms with Crippen LogP contribution in [-0.2, 0) is 0 Å². The first-order chi connectivity index (χ1) is 13.4. The molecule has 28 heavy (non-hydrogen) atoms. The Morgan fingerprint density at radius 1 is 1.04 bits per heavy atom. The van der Waals surface area contributed by atoms with Crippen LogP contribution in [0.25, 0.3) is 16.9 Å². The van der Waals surface area contributed by atoms with Gasteiger partial charge in [0.25, 0.3) is 5.91 Å². The molecule has 0 bridgehead atoms. The van der Waals surface area contributed by atoms with Gasteiger partial charge >= 0.3 is 0 Å². The highest BCUT2D eigenvalue weighted by Gasteiger charge is 2.19. The number of amides is 1. The molecule has 0 aliphatic heterocycles. The molecule has 0 aliphatic carbocycles. The molecule has 4 nitrogen and oxygen atoms in total. The summed E-state index contributed by atoms with van der Waals surface area (Å²) in [5, 5.41) is 3.04. The first kappa shape index (κ1) is 19.7. The molecule has 1 amide bonds. The standard InChI is InChI=1S/C24H28N2O2/c1-16(2)15-25-24(27)22-14-23(19-8-12-21(28-5)13-9-19)26(18(22)4)20-10-6-17(3)7-11-20/h6-14,16H,15H2,1-5H3,(H,25,27). The first-order valence-corrected chi connectivity index (χ1v) is 9.62. The molecule has 0 fully saturated rings. The number of ether oxygens (including phenoxy) is 1. The number of hydrogen-bond acceptors (Lipinski definition) is 2. The van der Waals surface area contributed by atoms with Crippen LogP contribution in [0.5, 0.6) is 5.75 Å². The van der Waals surface area contributed by atoms with Crippen molar-refractivity contribution in [2.75, 3.05) is 13.7 Å². The Bertz CT molecular complexity index is 952. The molecule has 1 N–H and O–H groups in total. The molecule has 0 saturated carbocycles. The van der Waals surface area contributed by atoms with Crippen LogP contribution in [0.3, 0.4) is 0 Å². The molecule has 0 saturated heterocycles. The first-order valence-electron chi connectivity index (χ1n) is 9.62. The Morgan fingerprint density at radius 3 is 2.25 bits per heavy atom. The summed E-state index contributed by atoms with van der Waals surface area (Å²) < 4.78 is 7.43. The van der Waals surface area contributed by atoms with Crippen molar-refractivity contribution in [3.8, 4) is 22.7 Å². The number of methoxy groups -OCH3 is 1. The zero-order chi connectivity index (χ0) is 20.3. The second-order valence-corrected chi connectivity index (χ2v) is 7.53. The van der Waals surface area contributed by atoms with Gasteiger partial charge < -0.3 is 14.6 Å². The third-order valence-corrected chi connectivity index (χ3v) is 4.84. The van der Waals surface area contributed by atoms with Crippen molar-refractivity contribution in [2.45, 2.75) is 27.7 Å². The van der Waals surface area contributed by atoms with E-state index in [0.717, 1.165) is 28.4 Å². The molecule has 3 aromatic rings. The van der Waals surface area contributed by atoms with Gasteiger partial charge in [0, 0.05) is 17.9 Å². The lowest BCUT2D eigenvalue weighted by Gasteiger charge is -2.13. The highest BCUT2D eigenvalue weighted by Crippen LogP contribution is 2.31. The molecule has 1 aromatic heterocycles. The molecule has 0 unspecified atom stereocenters. The largest absolute Gasteiger partial charge is 0.497 e. The lowest BCUT2D eigenvalue weighted by Crippen LogP contribution is -2.27. The molecule has 1 heterocycles. The predicted octanol–water partition coefficient (Wildman–Crippen LogP) is 5.16. The number of nitrogens with one attached hydrogen (secondary N) is 1. The fourth-order valence-corrected chi connectivity index (χ4v) is 3.23. The summed E-state index contributed by atoms with van der Waals surface area (Å²) in [6.07, 6.45) is 0. The van der Waals surface area contributed by atoms with E-state index in [1.165, 1.54) is 5.56 Å². The number of carbonyl (C=O) groups is 1. The summed E-state index contributed by atoms with van der Waals surface area (Å²) in [6, 6.07) is 18.3. The van der Waals surface area contributed by atoms with Crippen LogP contribution in [-0.4, -0.2) is 24.1 Å². The van der Waals surface area contributed by atoms with E-state index >= 15 is 0 Å². The number of carbonyl (C=O) groups excluding carboxylic acids is 1. The van der Waals surface area contributed by atoms with Crippen LogP contribution >= 0.6 is 0 Å². The topological polar surface area (TPSA) is 43.3 Å². The molecular formula is C24H28N2O2. The van der Waals surface area contributed by atoms with E-state index in [4.69, 9.17) is 4.74 Å². The summed E-state index contributed by atoms with van der Waals surface area (Å²) in [7, 11) is 1.66. The maximum Gasteiger partial charge on any atom is 0.253 e. The third kappa shape index (κ3) is 4.11. The highest BCUT2D eigenvalue weighted by molar-refractivity contribution is 5.97. The van der Waals surface area contributed by atoms with Crippen molar-refractivity contribution in [3.63, 3.8) is 0 Å². The Kier molecular flexibility index (Phi) is 5.88. The van der Waals surface area contributed by atoms with Crippen molar-refractivity contribution < 1.29 is 9.53 Å². The van der Waals surface area contributed by atoms with Crippen LogP contribution < -0.4 is 10.1 Å². The van der Waals surface area contributed by atoms with Crippen molar-refractivity contribution >= 4 is 5.91 Å². The number of aromatic nitrogens is 1. The SMILES string of the molecule is COc1ccc(-c2cc(C(=O)NCC(C)C)c(C)n2-c2ccc(C)cc2)cc1. The number of nitrogens with zero attached hydrogens (tertiary/aromatic N) is 1. The van der Waals surface area contributed by atoms with E-state index in [1.54, 1.807) is 7.11 Å². The fraction of sp³-hybridized carbons (Fsp3) is 0.292. The minimum Gasteiger partial charge on any atom is -0.497 e. The van der Waals surface area contributed by atoms with E-state index in [1.807, 2.05) is 37.3 Å². The van der Waals surface area contributed by atoms with Gasteiger partial charge in [0.2, 0.25) is 0 Å². The monoisotopic (exact) mass is 376 g/mol. The van der Waals surface area contributed by atoms with Crippen LogP contribution in [0.1, 0.15) is 35.5 Å². The average molecular weight is 377 g/mol. The van der Waals surface area contributed by atoms with Crippen molar-refractivity contribution in [1.82, 2.24) is 9.88 Å². The summed E-state index contributed by atoms with van der Waals surface area (Å²) in [4.78, 5) is 12.8. The second-order valence-electron chi connectivity index (χ2n) is 7.53. The molecule has 2 aromatic carbocycles. The van der Waals surface area contributed by atoms with Crippen LogP contribution in [0.4, 0.5) is 0 Å². The van der Waals surface area contributed by atoms with Crippen molar-refractivity contribution in [2.24, 2.45) is 5.92 Å². The number of aryl methyl sites for hydroxylation is 1. The molecule has 0 spiro atoms. The second kappa shape index (κ2) is 8.34. The normalized spacial score (nSPS) is 10.9. The summed E-state index contributed by atoms with van der Waals surface area (Å²) in [5.74, 6) is 1.18. The Labute approximate surface area is 167 Å². The van der Waals surface area contributed by atoms with Gasteiger partial charge in [-0.25, -0.2) is 0 Å². The maximum absolute atomic E-state index is 12.8. The van der Waals surface area contributed by atoms with E-state index in [9.17, 15) is 4.79 Å². The van der Waals surface area contributed by atoms with Gasteiger partial charge in [0.15, 0.2) is 0 Å². The van der Waals surface area contributed by atoms with Crippen LogP contribution in [0.15, 0.2) is 54.6 Å². The lowest BCUT2D eigenvalue weighted by atomic mass is 10.1. The quantitative estimate of drug-likeness (QED) is 0.646. The minimum atomic E-state index is -0.0353. The van der Waals surface area contributed by atoms with Gasteiger partial charge in [0.1, 0.15) is 5.75 Å². The molecule has 3 rings (SSSR count). The van der Waals surface area contributed by atoms with Crippen LogP contribution in [0.2, 0.25) is 0 Å². The number of rotatable bonds is 6. The van der Waals surface area contributed by atoms with E-state index in [-0.39, 0.29) is 5.91 Å². The minimum absolute atomic E-state index is 0.0353. The van der Waals surface area contributed by atoms with Gasteiger partial charge in [-0.3, -0.25) is 4.79 Å². The third-order valence-electron chi connectivity index (χ3n) is 4.84. The lowest BCUT2D eigenvalue weighted by molar-refractivity contribution is 0.0948. The Hall–Kier alpha value is -3.01. The molecule has 0 aliphatic rings. The smallest absolute Gasteiger partial charge is 0.253 e. The van der Waals surface area contributed by atoms with Crippen molar-refractivity contribution in [3.05, 3.63) is 71.4 Å². The molecule has 146 valence electrons.